The first-order valence-electron chi connectivity index (χ1n) is 9.54. The summed E-state index contributed by atoms with van der Waals surface area (Å²) in [5, 5.41) is 0. The average molecular weight is 437 g/mol. The van der Waals surface area contributed by atoms with E-state index in [4.69, 9.17) is 15.1 Å². The minimum atomic E-state index is -2.93. The van der Waals surface area contributed by atoms with Gasteiger partial charge in [-0.05, 0) is 51.0 Å². The van der Waals surface area contributed by atoms with E-state index >= 15 is 0 Å². The minimum Gasteiger partial charge on any atom is -0.433 e. The SMILES string of the molecule is CC1(c2nc(-c3ccc(OC(F)F)cn3)ccc2F)CS2=NCCCC2(C)C(N)=N1. The fraction of sp³-hybridized carbons (Fsp3) is 0.450. The van der Waals surface area contributed by atoms with E-state index in [0.717, 1.165) is 19.4 Å². The molecule has 10 heteroatoms. The summed E-state index contributed by atoms with van der Waals surface area (Å²) >= 11 is 0. The molecule has 0 saturated heterocycles. The monoisotopic (exact) mass is 437 g/mol. The Labute approximate surface area is 174 Å². The van der Waals surface area contributed by atoms with Crippen molar-refractivity contribution in [3.05, 3.63) is 42.0 Å². The van der Waals surface area contributed by atoms with Crippen LogP contribution in [0.5, 0.6) is 5.75 Å². The molecule has 2 aromatic rings. The number of aromatic nitrogens is 2. The smallest absolute Gasteiger partial charge is 0.387 e. The number of hydrogen-bond donors (Lipinski definition) is 1. The van der Waals surface area contributed by atoms with E-state index < -0.39 is 18.0 Å². The van der Waals surface area contributed by atoms with Crippen molar-refractivity contribution in [1.82, 2.24) is 9.97 Å². The van der Waals surface area contributed by atoms with Gasteiger partial charge < -0.3 is 10.5 Å². The van der Waals surface area contributed by atoms with Crippen LogP contribution in [0.3, 0.4) is 0 Å². The molecular formula is C20H22F3N5OS. The van der Waals surface area contributed by atoms with E-state index in [2.05, 4.69) is 21.6 Å². The number of hydrogen-bond acceptors (Lipinski definition) is 6. The summed E-state index contributed by atoms with van der Waals surface area (Å²) in [6.45, 7) is 1.73. The van der Waals surface area contributed by atoms with Gasteiger partial charge in [0.15, 0.2) is 0 Å². The van der Waals surface area contributed by atoms with E-state index in [9.17, 15) is 13.2 Å². The maximum absolute atomic E-state index is 14.8. The Hall–Kier alpha value is -2.49. The number of nitrogens with two attached hydrogens (primary N) is 1. The highest BCUT2D eigenvalue weighted by Gasteiger charge is 2.46. The summed E-state index contributed by atoms with van der Waals surface area (Å²) in [6.07, 6.45) is 3.06. The third-order valence-corrected chi connectivity index (χ3v) is 8.27. The van der Waals surface area contributed by atoms with Gasteiger partial charge in [-0.1, -0.05) is 10.7 Å². The molecule has 0 fully saturated rings. The molecule has 4 heterocycles. The molecule has 30 heavy (non-hydrogen) atoms. The molecule has 0 bridgehead atoms. The standard InChI is InChI=1S/C20H22F3N5OS/c1-19(11-30-20(2,17(24)28-19)8-3-9-26-30)16-13(21)5-7-15(27-16)14-6-4-12(10-25-14)29-18(22)23/h4-7,10,18H,3,8-9,11H2,1-2H3,(H2,24,28). The number of alkyl halides is 2. The number of fused-ring (bicyclic) bond motifs is 1. The molecule has 4 rings (SSSR count). The Balaban J connectivity index is 1.72. The van der Waals surface area contributed by atoms with Crippen LogP contribution in [0.1, 0.15) is 32.4 Å². The zero-order chi connectivity index (χ0) is 21.5. The molecule has 160 valence electrons. The van der Waals surface area contributed by atoms with Crippen molar-refractivity contribution >= 4 is 16.5 Å². The van der Waals surface area contributed by atoms with Crippen LogP contribution in [-0.2, 0) is 16.2 Å². The predicted octanol–water partition coefficient (Wildman–Crippen LogP) is 3.82. The Morgan fingerprint density at radius 3 is 2.63 bits per heavy atom. The second kappa shape index (κ2) is 7.64. The Morgan fingerprint density at radius 2 is 1.93 bits per heavy atom. The number of rotatable bonds is 4. The summed E-state index contributed by atoms with van der Waals surface area (Å²) in [4.78, 5) is 13.3. The highest BCUT2D eigenvalue weighted by molar-refractivity contribution is 7.89. The van der Waals surface area contributed by atoms with Crippen molar-refractivity contribution in [2.24, 2.45) is 15.1 Å². The lowest BCUT2D eigenvalue weighted by molar-refractivity contribution is -0.0500. The van der Waals surface area contributed by atoms with Crippen molar-refractivity contribution in [2.75, 3.05) is 12.3 Å². The molecule has 2 N–H and O–H groups in total. The van der Waals surface area contributed by atoms with Crippen molar-refractivity contribution in [3.63, 3.8) is 0 Å². The van der Waals surface area contributed by atoms with Crippen molar-refractivity contribution < 1.29 is 17.9 Å². The Kier molecular flexibility index (Phi) is 5.29. The third-order valence-electron chi connectivity index (χ3n) is 5.49. The summed E-state index contributed by atoms with van der Waals surface area (Å²) in [6, 6.07) is 5.67. The van der Waals surface area contributed by atoms with Crippen LogP contribution in [0.25, 0.3) is 11.4 Å². The van der Waals surface area contributed by atoms with Gasteiger partial charge in [-0.25, -0.2) is 9.37 Å². The van der Waals surface area contributed by atoms with Gasteiger partial charge in [0.1, 0.15) is 28.6 Å². The van der Waals surface area contributed by atoms with Gasteiger partial charge in [-0.3, -0.25) is 14.3 Å². The normalized spacial score (nSPS) is 28.5. The van der Waals surface area contributed by atoms with Crippen LogP contribution in [0.4, 0.5) is 13.2 Å². The van der Waals surface area contributed by atoms with Gasteiger partial charge in [0.25, 0.3) is 0 Å². The number of aliphatic imine (C=N–C) groups is 1. The zero-order valence-electron chi connectivity index (χ0n) is 16.6. The topological polar surface area (TPSA) is 85.8 Å². The van der Waals surface area contributed by atoms with Crippen molar-refractivity contribution in [3.8, 4) is 17.1 Å². The van der Waals surface area contributed by atoms with Gasteiger partial charge in [0.05, 0.1) is 22.3 Å². The molecule has 3 unspecified atom stereocenters. The zero-order valence-corrected chi connectivity index (χ0v) is 17.4. The van der Waals surface area contributed by atoms with Crippen LogP contribution >= 0.6 is 0 Å². The molecule has 0 amide bonds. The largest absolute Gasteiger partial charge is 0.433 e. The maximum Gasteiger partial charge on any atom is 0.387 e. The first-order chi connectivity index (χ1) is 14.2. The van der Waals surface area contributed by atoms with Gasteiger partial charge in [-0.2, -0.15) is 8.78 Å². The molecule has 6 nitrogen and oxygen atoms in total. The summed E-state index contributed by atoms with van der Waals surface area (Å²) in [5.74, 6) is 0.472. The second-order valence-corrected chi connectivity index (χ2v) is 9.93. The fourth-order valence-electron chi connectivity index (χ4n) is 3.78. The highest BCUT2D eigenvalue weighted by Crippen LogP contribution is 2.40. The van der Waals surface area contributed by atoms with Crippen LogP contribution in [0, 0.1) is 5.82 Å². The van der Waals surface area contributed by atoms with Crippen LogP contribution in [0.15, 0.2) is 39.8 Å². The van der Waals surface area contributed by atoms with Crippen molar-refractivity contribution in [1.29, 1.82) is 0 Å². The lowest BCUT2D eigenvalue weighted by Gasteiger charge is -2.43. The van der Waals surface area contributed by atoms with Gasteiger partial charge >= 0.3 is 6.61 Å². The Morgan fingerprint density at radius 1 is 1.17 bits per heavy atom. The summed E-state index contributed by atoms with van der Waals surface area (Å²) in [7, 11) is -0.377. The molecule has 0 aromatic carbocycles. The van der Waals surface area contributed by atoms with E-state index in [1.54, 1.807) is 0 Å². The van der Waals surface area contributed by atoms with E-state index in [1.165, 1.54) is 30.5 Å². The van der Waals surface area contributed by atoms with Gasteiger partial charge in [0.2, 0.25) is 0 Å². The van der Waals surface area contributed by atoms with Crippen LogP contribution in [0.2, 0.25) is 0 Å². The molecule has 0 radical (unpaired) electrons. The molecule has 2 aromatic heterocycles. The maximum atomic E-state index is 14.8. The molecule has 0 spiro atoms. The summed E-state index contributed by atoms with van der Waals surface area (Å²) < 4.78 is 48.3. The first-order valence-corrected chi connectivity index (χ1v) is 10.9. The highest BCUT2D eigenvalue weighted by atomic mass is 32.2. The van der Waals surface area contributed by atoms with E-state index in [0.29, 0.717) is 23.0 Å². The third kappa shape index (κ3) is 3.68. The quantitative estimate of drug-likeness (QED) is 0.788. The number of ether oxygens (including phenoxy) is 1. The number of halogens is 3. The number of pyridine rings is 2. The van der Waals surface area contributed by atoms with E-state index in [1.807, 2.05) is 6.92 Å². The van der Waals surface area contributed by atoms with Gasteiger partial charge in [0, 0.05) is 12.3 Å². The number of nitrogens with zero attached hydrogens (tertiary/aromatic N) is 4. The molecular weight excluding hydrogens is 415 g/mol. The van der Waals surface area contributed by atoms with Crippen LogP contribution in [-0.4, -0.2) is 39.5 Å². The minimum absolute atomic E-state index is 0.0629. The van der Waals surface area contributed by atoms with Crippen LogP contribution < -0.4 is 10.5 Å². The molecule has 2 aliphatic heterocycles. The predicted molar refractivity (Wildman–Crippen MR) is 110 cm³/mol. The van der Waals surface area contributed by atoms with Gasteiger partial charge in [-0.15, -0.1) is 0 Å². The number of amidine groups is 1. The van der Waals surface area contributed by atoms with Crippen molar-refractivity contribution in [2.45, 2.75) is 43.6 Å². The average Bonchev–Trinajstić information content (AvgIpc) is 2.69. The summed E-state index contributed by atoms with van der Waals surface area (Å²) in [5.41, 5.74) is 6.38. The molecule has 0 aliphatic carbocycles. The first kappa shape index (κ1) is 20.8. The lowest BCUT2D eigenvalue weighted by Crippen LogP contribution is -2.55. The molecule has 2 aliphatic rings. The fourth-order valence-corrected chi connectivity index (χ4v) is 6.22. The second-order valence-electron chi connectivity index (χ2n) is 7.75. The lowest BCUT2D eigenvalue weighted by atomic mass is 9.96. The van der Waals surface area contributed by atoms with E-state index in [-0.39, 0.29) is 26.9 Å². The Bertz CT molecular complexity index is 1030. The molecule has 3 atom stereocenters. The molecule has 0 saturated carbocycles.